The number of hydrogen-bond acceptors (Lipinski definition) is 5. The second kappa shape index (κ2) is 10.1. The number of carbonyl (C=O) groups excluding carboxylic acids is 3. The number of alkyl halides is 3. The predicted molar refractivity (Wildman–Crippen MR) is 86.8 cm³/mol. The second-order valence-corrected chi connectivity index (χ2v) is 6.38. The summed E-state index contributed by atoms with van der Waals surface area (Å²) in [5, 5.41) is 2.10. The van der Waals surface area contributed by atoms with Gasteiger partial charge in [0.05, 0.1) is 5.92 Å². The molecule has 138 valence electrons. The maximum absolute atomic E-state index is 12.2. The van der Waals surface area contributed by atoms with Gasteiger partial charge < -0.3 is 10.1 Å². The number of ether oxygens (including phenoxy) is 1. The lowest BCUT2D eigenvalue weighted by molar-refractivity contribution is -0.185. The van der Waals surface area contributed by atoms with Crippen molar-refractivity contribution in [2.45, 2.75) is 19.5 Å². The number of benzene rings is 1. The van der Waals surface area contributed by atoms with Crippen LogP contribution in [0.5, 0.6) is 0 Å². The highest BCUT2D eigenvalue weighted by atomic mass is 32.2. The molecule has 25 heavy (non-hydrogen) atoms. The molecule has 1 aromatic rings. The number of esters is 1. The molecule has 1 rings (SSSR count). The van der Waals surface area contributed by atoms with Crippen LogP contribution >= 0.6 is 11.8 Å². The monoisotopic (exact) mass is 377 g/mol. The molecule has 1 unspecified atom stereocenters. The van der Waals surface area contributed by atoms with Crippen LogP contribution in [0.4, 0.5) is 13.2 Å². The summed E-state index contributed by atoms with van der Waals surface area (Å²) < 4.78 is 39.9. The van der Waals surface area contributed by atoms with Crippen molar-refractivity contribution < 1.29 is 32.3 Å². The van der Waals surface area contributed by atoms with Gasteiger partial charge in [0.15, 0.2) is 11.7 Å². The molecular formula is C16H18F3NO4S. The van der Waals surface area contributed by atoms with Crippen molar-refractivity contribution in [1.29, 1.82) is 0 Å². The van der Waals surface area contributed by atoms with Crippen molar-refractivity contribution in [3.05, 3.63) is 35.9 Å². The molecule has 0 aliphatic carbocycles. The predicted octanol–water partition coefficient (Wildman–Crippen LogP) is 2.35. The van der Waals surface area contributed by atoms with Crippen molar-refractivity contribution in [2.75, 3.05) is 18.9 Å². The maximum atomic E-state index is 12.2. The van der Waals surface area contributed by atoms with E-state index < -0.39 is 37.1 Å². The number of nitrogens with one attached hydrogen (secondary N) is 1. The molecule has 0 fully saturated rings. The second-order valence-electron chi connectivity index (χ2n) is 5.18. The van der Waals surface area contributed by atoms with Gasteiger partial charge in [-0.05, 0) is 12.0 Å². The van der Waals surface area contributed by atoms with Crippen molar-refractivity contribution in [2.24, 2.45) is 5.92 Å². The van der Waals surface area contributed by atoms with Gasteiger partial charge >= 0.3 is 12.1 Å². The van der Waals surface area contributed by atoms with E-state index in [0.717, 1.165) is 17.3 Å². The Morgan fingerprint density at radius 3 is 2.40 bits per heavy atom. The fraction of sp³-hybridized carbons (Fsp3) is 0.438. The third kappa shape index (κ3) is 9.75. The summed E-state index contributed by atoms with van der Waals surface area (Å²) in [4.78, 5) is 34.6. The minimum atomic E-state index is -4.62. The number of carbonyl (C=O) groups is 3. The Morgan fingerprint density at radius 1 is 1.20 bits per heavy atom. The van der Waals surface area contributed by atoms with E-state index in [9.17, 15) is 27.6 Å². The first-order valence-electron chi connectivity index (χ1n) is 7.34. The van der Waals surface area contributed by atoms with E-state index in [1.165, 1.54) is 6.92 Å². The lowest BCUT2D eigenvalue weighted by atomic mass is 10.0. The third-order valence-electron chi connectivity index (χ3n) is 2.99. The summed E-state index contributed by atoms with van der Waals surface area (Å²) in [7, 11) is 0. The molecule has 1 amide bonds. The van der Waals surface area contributed by atoms with Gasteiger partial charge in [-0.15, -0.1) is 0 Å². The lowest BCUT2D eigenvalue weighted by Crippen LogP contribution is -2.38. The molecular weight excluding hydrogens is 359 g/mol. The van der Waals surface area contributed by atoms with Crippen LogP contribution in [0.1, 0.15) is 12.5 Å². The van der Waals surface area contributed by atoms with Crippen LogP contribution < -0.4 is 5.32 Å². The summed E-state index contributed by atoms with van der Waals surface area (Å²) in [5.74, 6) is -2.11. The highest BCUT2D eigenvalue weighted by molar-refractivity contribution is 8.13. The van der Waals surface area contributed by atoms with E-state index in [2.05, 4.69) is 10.1 Å². The molecule has 9 heteroatoms. The molecule has 0 heterocycles. The summed E-state index contributed by atoms with van der Waals surface area (Å²) >= 11 is 0.970. The molecule has 5 nitrogen and oxygen atoms in total. The van der Waals surface area contributed by atoms with Gasteiger partial charge in [0, 0.05) is 12.7 Å². The first kappa shape index (κ1) is 21.0. The average molecular weight is 377 g/mol. The minimum absolute atomic E-state index is 0.157. The van der Waals surface area contributed by atoms with Crippen molar-refractivity contribution in [1.82, 2.24) is 5.32 Å². The molecule has 1 aromatic carbocycles. The average Bonchev–Trinajstić information content (AvgIpc) is 2.54. The van der Waals surface area contributed by atoms with E-state index in [1.54, 1.807) is 12.1 Å². The summed E-state index contributed by atoms with van der Waals surface area (Å²) in [6.07, 6.45) is -4.28. The van der Waals surface area contributed by atoms with Crippen LogP contribution in [0.2, 0.25) is 0 Å². The minimum Gasteiger partial charge on any atom is -0.455 e. The van der Waals surface area contributed by atoms with Crippen molar-refractivity contribution >= 4 is 28.8 Å². The Hall–Kier alpha value is -2.03. The fourth-order valence-electron chi connectivity index (χ4n) is 1.86. The highest BCUT2D eigenvalue weighted by Crippen LogP contribution is 2.16. The molecule has 0 aliphatic heterocycles. The Morgan fingerprint density at radius 2 is 1.84 bits per heavy atom. The quantitative estimate of drug-likeness (QED) is 0.704. The highest BCUT2D eigenvalue weighted by Gasteiger charge is 2.29. The smallest absolute Gasteiger partial charge is 0.422 e. The molecule has 0 aliphatic rings. The summed E-state index contributed by atoms with van der Waals surface area (Å²) in [6.45, 7) is -0.989. The number of rotatable bonds is 8. The molecule has 1 N–H and O–H groups in total. The van der Waals surface area contributed by atoms with Gasteiger partial charge in [0.25, 0.3) is 0 Å². The van der Waals surface area contributed by atoms with E-state index in [-0.39, 0.29) is 10.9 Å². The van der Waals surface area contributed by atoms with E-state index >= 15 is 0 Å². The summed E-state index contributed by atoms with van der Waals surface area (Å²) in [5.41, 5.74) is 0.867. The molecule has 0 bridgehead atoms. The Balaban J connectivity index is 2.56. The molecule has 0 radical (unpaired) electrons. The number of amides is 1. The van der Waals surface area contributed by atoms with Gasteiger partial charge in [-0.2, -0.15) is 13.2 Å². The zero-order valence-corrected chi connectivity index (χ0v) is 14.3. The molecule has 1 atom stereocenters. The van der Waals surface area contributed by atoms with Gasteiger partial charge in [0.1, 0.15) is 6.54 Å². The van der Waals surface area contributed by atoms with Crippen molar-refractivity contribution in [3.63, 3.8) is 0 Å². The maximum Gasteiger partial charge on any atom is 0.422 e. The van der Waals surface area contributed by atoms with E-state index in [1.807, 2.05) is 18.2 Å². The molecule has 0 saturated heterocycles. The van der Waals surface area contributed by atoms with Crippen molar-refractivity contribution in [3.8, 4) is 0 Å². The van der Waals surface area contributed by atoms with Crippen LogP contribution in [0.3, 0.4) is 0 Å². The first-order chi connectivity index (χ1) is 11.7. The van der Waals surface area contributed by atoms with Crippen LogP contribution in [0.15, 0.2) is 30.3 Å². The van der Waals surface area contributed by atoms with Gasteiger partial charge in [0.2, 0.25) is 5.91 Å². The SMILES string of the molecule is CC(=O)SCC(Cc1ccccc1)C(=O)NCC(=O)OCC(F)(F)F. The van der Waals surface area contributed by atoms with Crippen LogP contribution in [-0.2, 0) is 25.5 Å². The Labute approximate surface area is 147 Å². The Kier molecular flexibility index (Phi) is 8.47. The third-order valence-corrected chi connectivity index (χ3v) is 3.96. The zero-order chi connectivity index (χ0) is 18.9. The zero-order valence-electron chi connectivity index (χ0n) is 13.5. The number of halogens is 3. The molecule has 0 saturated carbocycles. The fourth-order valence-corrected chi connectivity index (χ4v) is 2.57. The summed E-state index contributed by atoms with van der Waals surface area (Å²) in [6, 6.07) is 9.06. The molecule has 0 aromatic heterocycles. The topological polar surface area (TPSA) is 72.5 Å². The first-order valence-corrected chi connectivity index (χ1v) is 8.33. The van der Waals surface area contributed by atoms with E-state index in [0.29, 0.717) is 6.42 Å². The lowest BCUT2D eigenvalue weighted by Gasteiger charge is -2.16. The number of hydrogen-bond donors (Lipinski definition) is 1. The largest absolute Gasteiger partial charge is 0.455 e. The van der Waals surface area contributed by atoms with Gasteiger partial charge in [-0.1, -0.05) is 42.1 Å². The van der Waals surface area contributed by atoms with Crippen LogP contribution in [0.25, 0.3) is 0 Å². The Bertz CT molecular complexity index is 593. The van der Waals surface area contributed by atoms with Gasteiger partial charge in [-0.3, -0.25) is 14.4 Å². The van der Waals surface area contributed by atoms with Gasteiger partial charge in [-0.25, -0.2) is 0 Å². The molecule has 0 spiro atoms. The van der Waals surface area contributed by atoms with Crippen LogP contribution in [-0.4, -0.2) is 42.1 Å². The number of thioether (sulfide) groups is 1. The normalized spacial score (nSPS) is 12.3. The van der Waals surface area contributed by atoms with Crippen LogP contribution in [0, 0.1) is 5.92 Å². The standard InChI is InChI=1S/C16H18F3NO4S/c1-11(21)25-9-13(7-12-5-3-2-4-6-12)15(23)20-8-14(22)24-10-16(17,18)19/h2-6,13H,7-10H2,1H3,(H,20,23). The van der Waals surface area contributed by atoms with E-state index in [4.69, 9.17) is 0 Å².